The van der Waals surface area contributed by atoms with E-state index < -0.39 is 5.82 Å². The minimum atomic E-state index is -0.520. The van der Waals surface area contributed by atoms with Gasteiger partial charge in [-0.2, -0.15) is 0 Å². The number of aromatic nitrogens is 4. The summed E-state index contributed by atoms with van der Waals surface area (Å²) < 4.78 is 19.3. The largest absolute Gasteiger partial charge is 0.507 e. The van der Waals surface area contributed by atoms with Crippen LogP contribution >= 0.6 is 0 Å². The first-order valence-electron chi connectivity index (χ1n) is 26.5. The summed E-state index contributed by atoms with van der Waals surface area (Å²) in [7, 11) is 0. The number of halogens is 1. The van der Waals surface area contributed by atoms with Gasteiger partial charge in [0.1, 0.15) is 17.4 Å². The number of hydrogen-bond acceptors (Lipinski definition) is 3. The SMILES string of the molecule is CC(C)(C)c1cc(-c2cc(-c3cc(C(C)(C)C)cc4c5cc(C(C)(C)C)ccc5n(-c5ccccc5)c34)ccn2)cc(-c2cccc3c2nc(-c2ccc(F)cc2O)n3-c2ccc(C(C)(C)C)cc2-c2ccccc2)c1. The van der Waals surface area contributed by atoms with Gasteiger partial charge in [0.25, 0.3) is 0 Å². The summed E-state index contributed by atoms with van der Waals surface area (Å²) in [6.45, 7) is 27.2. The molecule has 11 rings (SSSR count). The lowest BCUT2D eigenvalue weighted by Crippen LogP contribution is -2.12. The molecular weight excluding hydrogens is 932 g/mol. The first-order chi connectivity index (χ1) is 36.0. The Balaban J connectivity index is 1.15. The number of para-hydroxylation sites is 2. The van der Waals surface area contributed by atoms with E-state index in [4.69, 9.17) is 9.97 Å². The van der Waals surface area contributed by atoms with Gasteiger partial charge in [0.05, 0.1) is 39.0 Å². The topological polar surface area (TPSA) is 55.9 Å². The van der Waals surface area contributed by atoms with Crippen molar-refractivity contribution in [1.82, 2.24) is 19.1 Å². The van der Waals surface area contributed by atoms with E-state index >= 15 is 0 Å². The van der Waals surface area contributed by atoms with Gasteiger partial charge < -0.3 is 9.67 Å². The quantitative estimate of drug-likeness (QED) is 0.173. The molecule has 0 fully saturated rings. The van der Waals surface area contributed by atoms with Crippen molar-refractivity contribution >= 4 is 32.8 Å². The van der Waals surface area contributed by atoms with Crippen LogP contribution in [0.3, 0.4) is 0 Å². The molecule has 3 aromatic heterocycles. The molecule has 0 saturated heterocycles. The van der Waals surface area contributed by atoms with Gasteiger partial charge in [-0.05, 0) is 152 Å². The number of nitrogens with zero attached hydrogens (tertiary/aromatic N) is 4. The maximum Gasteiger partial charge on any atom is 0.149 e. The lowest BCUT2D eigenvalue weighted by molar-refractivity contribution is 0.470. The van der Waals surface area contributed by atoms with Gasteiger partial charge in [-0.15, -0.1) is 0 Å². The zero-order chi connectivity index (χ0) is 53.6. The van der Waals surface area contributed by atoms with Crippen molar-refractivity contribution in [3.8, 4) is 73.2 Å². The van der Waals surface area contributed by atoms with Crippen molar-refractivity contribution in [3.05, 3.63) is 210 Å². The Morgan fingerprint density at radius 3 is 1.72 bits per heavy atom. The molecule has 3 heterocycles. The summed E-state index contributed by atoms with van der Waals surface area (Å²) in [6, 6.07) is 61.3. The molecule has 0 radical (unpaired) electrons. The van der Waals surface area contributed by atoms with E-state index in [0.717, 1.165) is 84.2 Å². The molecule has 0 bridgehead atoms. The number of pyridine rings is 1. The van der Waals surface area contributed by atoms with Crippen molar-refractivity contribution in [1.29, 1.82) is 0 Å². The average Bonchev–Trinajstić information content (AvgIpc) is 4.06. The van der Waals surface area contributed by atoms with Crippen LogP contribution in [-0.4, -0.2) is 24.2 Å². The van der Waals surface area contributed by atoms with Crippen molar-refractivity contribution in [3.63, 3.8) is 0 Å². The van der Waals surface area contributed by atoms with Crippen molar-refractivity contribution in [2.75, 3.05) is 0 Å². The fourth-order valence-electron chi connectivity index (χ4n) is 10.7. The van der Waals surface area contributed by atoms with Crippen molar-refractivity contribution < 1.29 is 9.50 Å². The van der Waals surface area contributed by atoms with Crippen LogP contribution in [0.4, 0.5) is 4.39 Å². The lowest BCUT2D eigenvalue weighted by Gasteiger charge is -2.23. The smallest absolute Gasteiger partial charge is 0.149 e. The van der Waals surface area contributed by atoms with Crippen LogP contribution in [0.5, 0.6) is 5.75 Å². The molecule has 6 heteroatoms. The minimum Gasteiger partial charge on any atom is -0.507 e. The maximum atomic E-state index is 14.8. The summed E-state index contributed by atoms with van der Waals surface area (Å²) >= 11 is 0. The Hall–Kier alpha value is -8.09. The van der Waals surface area contributed by atoms with E-state index in [1.807, 2.05) is 12.3 Å². The highest BCUT2D eigenvalue weighted by atomic mass is 19.1. The van der Waals surface area contributed by atoms with E-state index in [2.05, 4.69) is 244 Å². The second-order valence-corrected chi connectivity index (χ2v) is 24.8. The van der Waals surface area contributed by atoms with Crippen LogP contribution in [0.15, 0.2) is 182 Å². The predicted molar refractivity (Wildman–Crippen MR) is 317 cm³/mol. The molecule has 0 aliphatic rings. The van der Waals surface area contributed by atoms with E-state index in [-0.39, 0.29) is 27.4 Å². The van der Waals surface area contributed by atoms with Gasteiger partial charge in [0, 0.05) is 51.0 Å². The number of aromatic hydroxyl groups is 1. The third-order valence-corrected chi connectivity index (χ3v) is 15.2. The molecule has 0 unspecified atom stereocenters. The molecule has 8 aromatic carbocycles. The van der Waals surface area contributed by atoms with Crippen molar-refractivity contribution in [2.45, 2.75) is 105 Å². The summed E-state index contributed by atoms with van der Waals surface area (Å²) in [5.41, 5.74) is 18.9. The molecule has 0 amide bonds. The molecule has 0 atom stereocenters. The minimum absolute atomic E-state index is 0.0239. The summed E-state index contributed by atoms with van der Waals surface area (Å²) in [5, 5.41) is 14.0. The second-order valence-electron chi connectivity index (χ2n) is 24.8. The number of phenolic OH excluding ortho intramolecular Hbond substituents is 1. The Kier molecular flexibility index (Phi) is 12.1. The molecule has 1 N–H and O–H groups in total. The van der Waals surface area contributed by atoms with Crippen LogP contribution in [0.1, 0.15) is 105 Å². The zero-order valence-electron chi connectivity index (χ0n) is 45.9. The van der Waals surface area contributed by atoms with Crippen LogP contribution in [0.25, 0.3) is 100 Å². The molecule has 0 spiro atoms. The van der Waals surface area contributed by atoms with Crippen LogP contribution in [0, 0.1) is 5.82 Å². The highest BCUT2D eigenvalue weighted by Gasteiger charge is 2.28. The molecule has 5 nitrogen and oxygen atoms in total. The number of benzene rings is 8. The van der Waals surface area contributed by atoms with Gasteiger partial charge in [0.2, 0.25) is 0 Å². The standard InChI is InChI=1S/C70H67FN4O/c1-67(2,3)47-26-30-60(55(38-47)43-20-15-13-16-21-43)75-62-25-19-24-53(64(62)73-66(75)54-29-28-51(71)42-63(54)76)45-34-46(36-49(35-45)69(7,8)9)59-37-44(32-33-72-59)56-40-50(70(10,11)12)41-58-57-39-48(68(4,5)6)27-31-61(57)74(65(56)58)52-22-17-14-18-23-52/h13-42,76H,1-12H3. The zero-order valence-corrected chi connectivity index (χ0v) is 45.9. The highest BCUT2D eigenvalue weighted by molar-refractivity contribution is 6.14. The Bertz CT molecular complexity index is 4040. The lowest BCUT2D eigenvalue weighted by atomic mass is 9.83. The van der Waals surface area contributed by atoms with Crippen LogP contribution in [-0.2, 0) is 21.7 Å². The van der Waals surface area contributed by atoms with E-state index in [0.29, 0.717) is 11.4 Å². The van der Waals surface area contributed by atoms with E-state index in [1.54, 1.807) is 6.07 Å². The first kappa shape index (κ1) is 50.1. The summed E-state index contributed by atoms with van der Waals surface area (Å²) in [6.07, 6.45) is 1.95. The molecule has 0 aliphatic heterocycles. The van der Waals surface area contributed by atoms with Crippen molar-refractivity contribution in [2.24, 2.45) is 0 Å². The summed E-state index contributed by atoms with van der Waals surface area (Å²) in [5.74, 6) is -0.195. The molecule has 76 heavy (non-hydrogen) atoms. The summed E-state index contributed by atoms with van der Waals surface area (Å²) in [4.78, 5) is 10.6. The van der Waals surface area contributed by atoms with Gasteiger partial charge in [0.15, 0.2) is 0 Å². The van der Waals surface area contributed by atoms with E-state index in [1.165, 1.54) is 39.0 Å². The predicted octanol–water partition coefficient (Wildman–Crippen LogP) is 18.9. The fourth-order valence-corrected chi connectivity index (χ4v) is 10.7. The van der Waals surface area contributed by atoms with Crippen LogP contribution in [0.2, 0.25) is 0 Å². The number of imidazole rings is 1. The molecule has 380 valence electrons. The Morgan fingerprint density at radius 1 is 0.421 bits per heavy atom. The normalized spacial score (nSPS) is 12.6. The molecule has 0 aliphatic carbocycles. The number of hydrogen-bond donors (Lipinski definition) is 1. The van der Waals surface area contributed by atoms with E-state index in [9.17, 15) is 9.50 Å². The maximum absolute atomic E-state index is 14.8. The highest BCUT2D eigenvalue weighted by Crippen LogP contribution is 2.46. The average molecular weight is 999 g/mol. The number of rotatable bonds is 7. The third kappa shape index (κ3) is 9.08. The molecule has 0 saturated carbocycles. The number of phenols is 1. The van der Waals surface area contributed by atoms with Gasteiger partial charge >= 0.3 is 0 Å². The number of fused-ring (bicyclic) bond motifs is 4. The Labute approximate surface area is 447 Å². The third-order valence-electron chi connectivity index (χ3n) is 15.2. The molecule has 11 aromatic rings. The van der Waals surface area contributed by atoms with Gasteiger partial charge in [-0.1, -0.05) is 162 Å². The van der Waals surface area contributed by atoms with Gasteiger partial charge in [-0.25, -0.2) is 9.37 Å². The monoisotopic (exact) mass is 999 g/mol. The first-order valence-corrected chi connectivity index (χ1v) is 26.5. The second kappa shape index (κ2) is 18.3. The van der Waals surface area contributed by atoms with Gasteiger partial charge in [-0.3, -0.25) is 9.55 Å². The fraction of sp³-hybridized carbons (Fsp3) is 0.229. The van der Waals surface area contributed by atoms with Crippen LogP contribution < -0.4 is 0 Å². The molecular formula is C70H67FN4O. The Morgan fingerprint density at radius 2 is 1.04 bits per heavy atom.